The summed E-state index contributed by atoms with van der Waals surface area (Å²) in [6.45, 7) is 6.39. The molecule has 0 N–H and O–H groups in total. The van der Waals surface area contributed by atoms with E-state index in [1.807, 2.05) is 48.6 Å². The topological polar surface area (TPSA) is 0 Å². The van der Waals surface area contributed by atoms with Gasteiger partial charge in [-0.2, -0.15) is 0 Å². The Morgan fingerprint density at radius 2 is 0.895 bits per heavy atom. The monoisotopic (exact) mass is 250 g/mol. The maximum atomic E-state index is 2.20. The van der Waals surface area contributed by atoms with Crippen molar-refractivity contribution in [1.29, 1.82) is 0 Å². The van der Waals surface area contributed by atoms with E-state index in [0.717, 1.165) is 0 Å². The Morgan fingerprint density at radius 3 is 1.42 bits per heavy atom. The molecule has 0 nitrogen and oxygen atoms in total. The molecule has 0 aromatic heterocycles. The van der Waals surface area contributed by atoms with E-state index in [4.69, 9.17) is 0 Å². The smallest absolute Gasteiger partial charge is 0.0395 e. The van der Waals surface area contributed by atoms with Crippen LogP contribution in [-0.2, 0) is 0 Å². The van der Waals surface area contributed by atoms with Gasteiger partial charge in [-0.05, 0) is 31.9 Å². The standard InChI is InChI=1S/C19H22/c1-17-14-12-10-8-6-4-5-7-9-11-13-15-18(2)19(3)16-17/h4-16H,1-3H3. The minimum Gasteiger partial charge on any atom is -0.0623 e. The highest BCUT2D eigenvalue weighted by Gasteiger charge is 1.90. The van der Waals surface area contributed by atoms with E-state index in [9.17, 15) is 0 Å². The molecule has 0 amide bonds. The van der Waals surface area contributed by atoms with Gasteiger partial charge in [-0.1, -0.05) is 84.6 Å². The molecule has 0 atom stereocenters. The van der Waals surface area contributed by atoms with Crippen LogP contribution in [0.3, 0.4) is 0 Å². The molecular formula is C19H22. The van der Waals surface area contributed by atoms with Gasteiger partial charge in [0.05, 0.1) is 0 Å². The lowest BCUT2D eigenvalue weighted by Gasteiger charge is -1.99. The third-order valence-corrected chi connectivity index (χ3v) is 2.77. The third kappa shape index (κ3) is 7.05. The van der Waals surface area contributed by atoms with Gasteiger partial charge in [-0.3, -0.25) is 0 Å². The van der Waals surface area contributed by atoms with Crippen LogP contribution in [0.2, 0.25) is 0 Å². The second-order valence-electron chi connectivity index (χ2n) is 4.51. The van der Waals surface area contributed by atoms with Crippen LogP contribution >= 0.6 is 0 Å². The predicted octanol–water partition coefficient (Wildman–Crippen LogP) is 5.62. The predicted molar refractivity (Wildman–Crippen MR) is 87.0 cm³/mol. The largest absolute Gasteiger partial charge is 0.0623 e. The van der Waals surface area contributed by atoms with E-state index in [-0.39, 0.29) is 0 Å². The molecule has 0 aliphatic heterocycles. The third-order valence-electron chi connectivity index (χ3n) is 2.77. The number of hydrogen-bond donors (Lipinski definition) is 0. The molecule has 1 aliphatic carbocycles. The molecule has 19 heavy (non-hydrogen) atoms. The van der Waals surface area contributed by atoms with Crippen molar-refractivity contribution < 1.29 is 0 Å². The number of hydrogen-bond acceptors (Lipinski definition) is 0. The van der Waals surface area contributed by atoms with E-state index in [1.54, 1.807) is 0 Å². The van der Waals surface area contributed by atoms with E-state index in [1.165, 1.54) is 16.7 Å². The van der Waals surface area contributed by atoms with Crippen molar-refractivity contribution in [3.8, 4) is 0 Å². The van der Waals surface area contributed by atoms with Crippen LogP contribution in [-0.4, -0.2) is 0 Å². The van der Waals surface area contributed by atoms with Crippen molar-refractivity contribution in [2.75, 3.05) is 0 Å². The van der Waals surface area contributed by atoms with Crippen molar-refractivity contribution in [2.24, 2.45) is 0 Å². The first-order valence-electron chi connectivity index (χ1n) is 6.57. The number of rotatable bonds is 0. The van der Waals surface area contributed by atoms with E-state index >= 15 is 0 Å². The van der Waals surface area contributed by atoms with Gasteiger partial charge in [0.15, 0.2) is 0 Å². The molecule has 0 aromatic carbocycles. The first kappa shape index (κ1) is 15.0. The van der Waals surface area contributed by atoms with Crippen LogP contribution in [0, 0.1) is 0 Å². The fourth-order valence-electron chi connectivity index (χ4n) is 1.56. The Bertz CT molecular complexity index is 512. The molecule has 0 unspecified atom stereocenters. The van der Waals surface area contributed by atoms with E-state index in [0.29, 0.717) is 0 Å². The fraction of sp³-hybridized carbons (Fsp3) is 0.158. The zero-order chi connectivity index (χ0) is 13.9. The molecule has 0 saturated heterocycles. The molecule has 98 valence electrons. The van der Waals surface area contributed by atoms with Crippen molar-refractivity contribution in [2.45, 2.75) is 20.8 Å². The maximum Gasteiger partial charge on any atom is -0.0395 e. The molecule has 1 aliphatic rings. The van der Waals surface area contributed by atoms with Gasteiger partial charge >= 0.3 is 0 Å². The van der Waals surface area contributed by atoms with Gasteiger partial charge in [0, 0.05) is 0 Å². The van der Waals surface area contributed by atoms with Crippen LogP contribution < -0.4 is 0 Å². The Kier molecular flexibility index (Phi) is 7.04. The van der Waals surface area contributed by atoms with Crippen LogP contribution in [0.25, 0.3) is 0 Å². The van der Waals surface area contributed by atoms with Crippen LogP contribution in [0.1, 0.15) is 20.8 Å². The highest BCUT2D eigenvalue weighted by atomic mass is 14.0. The van der Waals surface area contributed by atoms with Crippen molar-refractivity contribution in [3.63, 3.8) is 0 Å². The Hall–Kier alpha value is -2.08. The lowest BCUT2D eigenvalue weighted by atomic mass is 10.1. The van der Waals surface area contributed by atoms with Gasteiger partial charge in [0.2, 0.25) is 0 Å². The second-order valence-corrected chi connectivity index (χ2v) is 4.51. The first-order valence-corrected chi connectivity index (χ1v) is 6.57. The molecule has 0 radical (unpaired) electrons. The summed E-state index contributed by atoms with van der Waals surface area (Å²) in [5.41, 5.74) is 3.82. The molecule has 0 spiro atoms. The molecular weight excluding hydrogens is 228 g/mol. The summed E-state index contributed by atoms with van der Waals surface area (Å²) in [5.74, 6) is 0. The van der Waals surface area contributed by atoms with Crippen LogP contribution in [0.15, 0.2) is 95.7 Å². The lowest BCUT2D eigenvalue weighted by molar-refractivity contribution is 1.34. The van der Waals surface area contributed by atoms with Gasteiger partial charge in [-0.25, -0.2) is 0 Å². The van der Waals surface area contributed by atoms with Crippen molar-refractivity contribution in [1.82, 2.24) is 0 Å². The minimum absolute atomic E-state index is 1.25. The Morgan fingerprint density at radius 1 is 0.474 bits per heavy atom. The zero-order valence-electron chi connectivity index (χ0n) is 12.0. The summed E-state index contributed by atoms with van der Waals surface area (Å²) in [6.07, 6.45) is 26.8. The molecule has 0 heteroatoms. The summed E-state index contributed by atoms with van der Waals surface area (Å²) in [7, 11) is 0. The second kappa shape index (κ2) is 8.93. The first-order chi connectivity index (χ1) is 9.20. The molecule has 0 saturated carbocycles. The molecule has 0 heterocycles. The summed E-state index contributed by atoms with van der Waals surface area (Å²) in [4.78, 5) is 0. The van der Waals surface area contributed by atoms with Crippen molar-refractivity contribution >= 4 is 0 Å². The Labute approximate surface area is 117 Å². The summed E-state index contributed by atoms with van der Waals surface area (Å²) >= 11 is 0. The van der Waals surface area contributed by atoms with E-state index < -0.39 is 0 Å². The zero-order valence-corrected chi connectivity index (χ0v) is 12.0. The average Bonchev–Trinajstić information content (AvgIpc) is 2.38. The average molecular weight is 250 g/mol. The highest BCUT2D eigenvalue weighted by Crippen LogP contribution is 2.10. The van der Waals surface area contributed by atoms with E-state index in [2.05, 4.69) is 51.2 Å². The maximum absolute atomic E-state index is 2.20. The van der Waals surface area contributed by atoms with Gasteiger partial charge in [0.25, 0.3) is 0 Å². The molecule has 1 rings (SSSR count). The Balaban J connectivity index is 3.01. The van der Waals surface area contributed by atoms with Gasteiger partial charge in [0.1, 0.15) is 0 Å². The number of allylic oxidation sites excluding steroid dienone is 16. The molecule has 0 fully saturated rings. The highest BCUT2D eigenvalue weighted by molar-refractivity contribution is 5.36. The SMILES string of the molecule is CC1=CC(C)=C(C)C=CC=CC=CC=CC=CC=C1. The van der Waals surface area contributed by atoms with Crippen LogP contribution in [0.5, 0.6) is 0 Å². The normalized spacial score (nSPS) is 17.1. The van der Waals surface area contributed by atoms with Gasteiger partial charge in [-0.15, -0.1) is 0 Å². The van der Waals surface area contributed by atoms with Crippen LogP contribution in [0.4, 0.5) is 0 Å². The van der Waals surface area contributed by atoms with Crippen molar-refractivity contribution in [3.05, 3.63) is 95.7 Å². The summed E-state index contributed by atoms with van der Waals surface area (Å²) < 4.78 is 0. The lowest BCUT2D eigenvalue weighted by Crippen LogP contribution is -1.78. The van der Waals surface area contributed by atoms with Gasteiger partial charge < -0.3 is 0 Å². The minimum atomic E-state index is 1.25. The molecule has 0 bridgehead atoms. The fourth-order valence-corrected chi connectivity index (χ4v) is 1.56. The summed E-state index contributed by atoms with van der Waals surface area (Å²) in [5, 5.41) is 0. The quantitative estimate of drug-likeness (QED) is 0.523. The molecule has 0 aromatic rings. The summed E-state index contributed by atoms with van der Waals surface area (Å²) in [6, 6.07) is 0.